The third-order valence-electron chi connectivity index (χ3n) is 12.7. The van der Waals surface area contributed by atoms with Crippen LogP contribution in [0.25, 0.3) is 90.2 Å². The van der Waals surface area contributed by atoms with Gasteiger partial charge in [0.1, 0.15) is 0 Å². The largest absolute Gasteiger partial charge is 0.256 e. The molecule has 0 N–H and O–H groups in total. The van der Waals surface area contributed by atoms with Crippen molar-refractivity contribution >= 4 is 0 Å². The van der Waals surface area contributed by atoms with Crippen molar-refractivity contribution in [1.82, 2.24) is 29.9 Å². The van der Waals surface area contributed by atoms with Crippen LogP contribution in [-0.2, 0) is 25.7 Å². The molecular formula is C64H48N6. The molecule has 0 spiro atoms. The summed E-state index contributed by atoms with van der Waals surface area (Å²) >= 11 is 0. The first-order valence-electron chi connectivity index (χ1n) is 23.8. The van der Waals surface area contributed by atoms with Gasteiger partial charge in [-0.1, -0.05) is 188 Å². The van der Waals surface area contributed by atoms with Gasteiger partial charge in [0.05, 0.1) is 17.1 Å². The predicted molar refractivity (Wildman–Crippen MR) is 284 cm³/mol. The zero-order valence-electron chi connectivity index (χ0n) is 38.6. The first kappa shape index (κ1) is 43.6. The van der Waals surface area contributed by atoms with Crippen LogP contribution in [0.5, 0.6) is 0 Å². The Hall–Kier alpha value is -9.00. The minimum atomic E-state index is 0.598. The summed E-state index contributed by atoms with van der Waals surface area (Å²) in [6.45, 7) is 0. The van der Waals surface area contributed by atoms with E-state index in [1.54, 1.807) is 0 Å². The highest BCUT2D eigenvalue weighted by Crippen LogP contribution is 2.36. The van der Waals surface area contributed by atoms with Crippen molar-refractivity contribution in [2.45, 2.75) is 25.7 Å². The van der Waals surface area contributed by atoms with Crippen LogP contribution < -0.4 is 0 Å². The molecule has 0 unspecified atom stereocenters. The summed E-state index contributed by atoms with van der Waals surface area (Å²) in [5, 5.41) is 0. The minimum absolute atomic E-state index is 0.598. The molecule has 0 amide bonds. The predicted octanol–water partition coefficient (Wildman–Crippen LogP) is 15.0. The van der Waals surface area contributed by atoms with E-state index in [0.717, 1.165) is 81.7 Å². The topological polar surface area (TPSA) is 77.3 Å². The molecule has 0 saturated heterocycles. The molecule has 0 aliphatic heterocycles. The van der Waals surface area contributed by atoms with Crippen LogP contribution in [0.3, 0.4) is 0 Å². The summed E-state index contributed by atoms with van der Waals surface area (Å²) in [6.07, 6.45) is 9.26. The zero-order valence-corrected chi connectivity index (χ0v) is 38.6. The molecule has 0 radical (unpaired) electrons. The molecule has 6 heteroatoms. The van der Waals surface area contributed by atoms with Crippen LogP contribution >= 0.6 is 0 Å². The molecule has 0 saturated carbocycles. The van der Waals surface area contributed by atoms with Crippen LogP contribution in [0.15, 0.2) is 243 Å². The quantitative estimate of drug-likeness (QED) is 0.108. The van der Waals surface area contributed by atoms with Crippen molar-refractivity contribution in [3.8, 4) is 90.2 Å². The smallest absolute Gasteiger partial charge is 0.164 e. The van der Waals surface area contributed by atoms with Gasteiger partial charge >= 0.3 is 0 Å². The maximum atomic E-state index is 4.97. The van der Waals surface area contributed by atoms with Crippen LogP contribution in [0.1, 0.15) is 22.3 Å². The van der Waals surface area contributed by atoms with Crippen molar-refractivity contribution in [1.29, 1.82) is 0 Å². The lowest BCUT2D eigenvalue weighted by Gasteiger charge is -2.15. The number of aryl methyl sites for hydroxylation is 4. The van der Waals surface area contributed by atoms with Gasteiger partial charge in [0.15, 0.2) is 17.5 Å². The monoisotopic (exact) mass is 900 g/mol. The summed E-state index contributed by atoms with van der Waals surface area (Å²) in [5.74, 6) is 1.85. The second-order valence-electron chi connectivity index (χ2n) is 17.5. The zero-order chi connectivity index (χ0) is 46.9. The maximum Gasteiger partial charge on any atom is 0.164 e. The lowest BCUT2D eigenvalue weighted by molar-refractivity contribution is 0.931. The van der Waals surface area contributed by atoms with Crippen molar-refractivity contribution in [3.63, 3.8) is 0 Å². The molecule has 0 aliphatic carbocycles. The summed E-state index contributed by atoms with van der Waals surface area (Å²) in [7, 11) is 0. The van der Waals surface area contributed by atoms with E-state index in [1.165, 1.54) is 38.9 Å². The summed E-state index contributed by atoms with van der Waals surface area (Å²) in [4.78, 5) is 28.7. The Kier molecular flexibility index (Phi) is 12.7. The number of benzene rings is 7. The Bertz CT molecular complexity index is 3330. The number of hydrogen-bond donors (Lipinski definition) is 0. The molecule has 70 heavy (non-hydrogen) atoms. The summed E-state index contributed by atoms with van der Waals surface area (Å²) in [6, 6.07) is 78.6. The lowest BCUT2D eigenvalue weighted by atomic mass is 9.90. The average Bonchev–Trinajstić information content (AvgIpc) is 3.45. The molecule has 4 aromatic heterocycles. The van der Waals surface area contributed by atoms with E-state index in [0.29, 0.717) is 17.5 Å². The molecule has 11 rings (SSSR count). The van der Waals surface area contributed by atoms with Crippen LogP contribution in [0, 0.1) is 0 Å². The third kappa shape index (κ3) is 10.1. The first-order chi connectivity index (χ1) is 34.6. The fourth-order valence-corrected chi connectivity index (χ4v) is 9.01. The van der Waals surface area contributed by atoms with E-state index in [9.17, 15) is 0 Å². The molecule has 0 fully saturated rings. The highest BCUT2D eigenvalue weighted by atomic mass is 15.0. The number of rotatable bonds is 14. The molecule has 11 aromatic rings. The van der Waals surface area contributed by atoms with Gasteiger partial charge in [0.2, 0.25) is 0 Å². The summed E-state index contributed by atoms with van der Waals surface area (Å²) < 4.78 is 0. The standard InChI is InChI=1S/C64H48N6/c1-3-13-53(14-4-1)62-68-63(54-15-5-2-6-16-54)70-64(69-62)55-37-40-67-61(44-55)52-35-33-49(34-36-52)57-17-7-8-18-58(57)56-42-47(23-21-45-25-29-50(30-26-45)59-19-9-11-38-65-59)41-48(43-56)24-22-46-27-31-51(32-28-46)60-20-10-12-39-66-60/h1-20,25-44H,21-24H2. The van der Waals surface area contributed by atoms with Gasteiger partial charge in [-0.2, -0.15) is 0 Å². The van der Waals surface area contributed by atoms with Gasteiger partial charge in [0.25, 0.3) is 0 Å². The maximum absolute atomic E-state index is 4.97. The molecule has 334 valence electrons. The first-order valence-corrected chi connectivity index (χ1v) is 23.8. The SMILES string of the molecule is c1ccc(-c2nc(-c3ccccc3)nc(-c3ccnc(-c4ccc(-c5ccccc5-c5cc(CCc6ccc(-c7ccccn7)cc6)cc(CCc6ccc(-c7ccccn7)cc6)c5)cc4)c3)n2)cc1. The second kappa shape index (κ2) is 20.5. The molecule has 4 heterocycles. The van der Waals surface area contributed by atoms with Gasteiger partial charge in [-0.3, -0.25) is 15.0 Å². The van der Waals surface area contributed by atoms with Crippen LogP contribution in [0.2, 0.25) is 0 Å². The highest BCUT2D eigenvalue weighted by Gasteiger charge is 2.15. The van der Waals surface area contributed by atoms with E-state index in [1.807, 2.05) is 110 Å². The van der Waals surface area contributed by atoms with Crippen LogP contribution in [-0.4, -0.2) is 29.9 Å². The lowest BCUT2D eigenvalue weighted by Crippen LogP contribution is -2.00. The molecule has 7 aromatic carbocycles. The second-order valence-corrected chi connectivity index (χ2v) is 17.5. The van der Waals surface area contributed by atoms with Crippen molar-refractivity contribution in [2.75, 3.05) is 0 Å². The van der Waals surface area contributed by atoms with Gasteiger partial charge < -0.3 is 0 Å². The molecule has 0 aliphatic rings. The van der Waals surface area contributed by atoms with E-state index in [-0.39, 0.29) is 0 Å². The molecule has 0 bridgehead atoms. The number of nitrogens with zero attached hydrogens (tertiary/aromatic N) is 6. The number of aromatic nitrogens is 6. The Morgan fingerprint density at radius 3 is 1.13 bits per heavy atom. The van der Waals surface area contributed by atoms with Crippen molar-refractivity contribution in [3.05, 3.63) is 265 Å². The van der Waals surface area contributed by atoms with E-state index in [4.69, 9.17) is 19.9 Å². The summed E-state index contributed by atoms with van der Waals surface area (Å²) in [5.41, 5.74) is 18.8. The highest BCUT2D eigenvalue weighted by molar-refractivity contribution is 5.85. The van der Waals surface area contributed by atoms with Gasteiger partial charge in [-0.15, -0.1) is 0 Å². The van der Waals surface area contributed by atoms with Gasteiger partial charge in [-0.25, -0.2) is 15.0 Å². The van der Waals surface area contributed by atoms with Gasteiger partial charge in [-0.05, 0) is 107 Å². The normalized spacial score (nSPS) is 11.1. The Balaban J connectivity index is 0.879. The average molecular weight is 901 g/mol. The Morgan fingerprint density at radius 1 is 0.229 bits per heavy atom. The fourth-order valence-electron chi connectivity index (χ4n) is 9.01. The molecule has 6 nitrogen and oxygen atoms in total. The van der Waals surface area contributed by atoms with Crippen molar-refractivity contribution < 1.29 is 0 Å². The molecule has 0 atom stereocenters. The number of pyridine rings is 3. The number of hydrogen-bond acceptors (Lipinski definition) is 6. The fraction of sp³-hybridized carbons (Fsp3) is 0.0625. The van der Waals surface area contributed by atoms with E-state index < -0.39 is 0 Å². The minimum Gasteiger partial charge on any atom is -0.256 e. The van der Waals surface area contributed by atoms with Crippen LogP contribution in [0.4, 0.5) is 0 Å². The van der Waals surface area contributed by atoms with Crippen molar-refractivity contribution in [2.24, 2.45) is 0 Å². The van der Waals surface area contributed by atoms with E-state index >= 15 is 0 Å². The Morgan fingerprint density at radius 2 is 0.629 bits per heavy atom. The van der Waals surface area contributed by atoms with E-state index in [2.05, 4.69) is 143 Å². The third-order valence-corrected chi connectivity index (χ3v) is 12.7. The Labute approximate surface area is 409 Å². The van der Waals surface area contributed by atoms with Gasteiger partial charge in [0, 0.05) is 52.0 Å². The molecular weight excluding hydrogens is 853 g/mol.